The lowest BCUT2D eigenvalue weighted by Gasteiger charge is -2.16. The Morgan fingerprint density at radius 1 is 1.12 bits per heavy atom. The number of nitrogens with zero attached hydrogens (tertiary/aromatic N) is 1. The van der Waals surface area contributed by atoms with E-state index in [1.54, 1.807) is 6.08 Å². The van der Waals surface area contributed by atoms with Gasteiger partial charge in [-0.3, -0.25) is 20.2 Å². The Hall–Kier alpha value is -2.25. The molecule has 7 heteroatoms. The lowest BCUT2D eigenvalue weighted by atomic mass is 10.1. The molecule has 0 unspecified atom stereocenters. The summed E-state index contributed by atoms with van der Waals surface area (Å²) in [6.45, 7) is 3.92. The zero-order valence-electron chi connectivity index (χ0n) is 13.0. The maximum Gasteiger partial charge on any atom is 0.263 e. The number of para-hydroxylation sites is 1. The van der Waals surface area contributed by atoms with Crippen molar-refractivity contribution in [3.05, 3.63) is 57.3 Å². The van der Waals surface area contributed by atoms with Gasteiger partial charge in [0.25, 0.3) is 11.8 Å². The molecule has 0 spiro atoms. The fraction of sp³-hybridized carbons (Fsp3) is 0.118. The van der Waals surface area contributed by atoms with Gasteiger partial charge in [0.05, 0.1) is 5.69 Å². The van der Waals surface area contributed by atoms with E-state index in [0.29, 0.717) is 0 Å². The summed E-state index contributed by atoms with van der Waals surface area (Å²) in [5, 5.41) is 4.91. The van der Waals surface area contributed by atoms with Gasteiger partial charge >= 0.3 is 0 Å². The molecular weight excluding hydrogens is 390 g/mol. The summed E-state index contributed by atoms with van der Waals surface area (Å²) in [5.74, 6) is -0.983. The molecule has 2 N–H and O–H groups in total. The highest BCUT2D eigenvalue weighted by molar-refractivity contribution is 9.10. The minimum absolute atomic E-state index is 0.0286. The Labute approximate surface area is 152 Å². The molecule has 1 saturated heterocycles. The molecule has 0 aliphatic carbocycles. The van der Waals surface area contributed by atoms with Crippen LogP contribution < -0.4 is 10.6 Å². The van der Waals surface area contributed by atoms with Crippen LogP contribution in [0.1, 0.15) is 17.0 Å². The molecule has 3 rings (SSSR count). The zero-order valence-corrected chi connectivity index (χ0v) is 15.4. The summed E-state index contributed by atoms with van der Waals surface area (Å²) in [4.78, 5) is 24.0. The molecule has 1 aromatic carbocycles. The number of carbonyl (C=O) groups excluding carboxylic acids is 2. The van der Waals surface area contributed by atoms with Gasteiger partial charge in [0, 0.05) is 15.9 Å². The van der Waals surface area contributed by atoms with Crippen molar-refractivity contribution in [2.24, 2.45) is 0 Å². The van der Waals surface area contributed by atoms with Gasteiger partial charge in [-0.05, 0) is 71.8 Å². The van der Waals surface area contributed by atoms with Gasteiger partial charge in [-0.1, -0.05) is 12.1 Å². The number of halogens is 1. The summed E-state index contributed by atoms with van der Waals surface area (Å²) in [7, 11) is 0. The highest BCUT2D eigenvalue weighted by Crippen LogP contribution is 2.27. The topological polar surface area (TPSA) is 63.1 Å². The van der Waals surface area contributed by atoms with Gasteiger partial charge < -0.3 is 4.57 Å². The van der Waals surface area contributed by atoms with Crippen molar-refractivity contribution in [2.75, 3.05) is 0 Å². The van der Waals surface area contributed by atoms with Crippen molar-refractivity contribution in [1.82, 2.24) is 15.2 Å². The summed E-state index contributed by atoms with van der Waals surface area (Å²) in [5.41, 5.74) is 3.77. The van der Waals surface area contributed by atoms with Crippen LogP contribution in [0.25, 0.3) is 11.8 Å². The fourth-order valence-corrected chi connectivity index (χ4v) is 3.35. The highest BCUT2D eigenvalue weighted by atomic mass is 79.9. The number of benzene rings is 1. The van der Waals surface area contributed by atoms with Crippen LogP contribution in [-0.2, 0) is 9.59 Å². The van der Waals surface area contributed by atoms with Crippen molar-refractivity contribution >= 4 is 51.2 Å². The SMILES string of the molecule is Cc1cc(C=C2C(=O)NC(=S)NC2=O)c(C)n1-c1ccccc1Br. The van der Waals surface area contributed by atoms with E-state index in [1.165, 1.54) is 0 Å². The number of carbonyl (C=O) groups is 2. The van der Waals surface area contributed by atoms with Crippen LogP contribution in [0.3, 0.4) is 0 Å². The Morgan fingerprint density at radius 3 is 2.38 bits per heavy atom. The van der Waals surface area contributed by atoms with E-state index in [0.717, 1.165) is 27.1 Å². The second-order valence-electron chi connectivity index (χ2n) is 5.41. The standard InChI is InChI=1S/C17H14BrN3O2S/c1-9-7-11(8-12-15(22)19-17(24)20-16(12)23)10(2)21(9)14-6-4-3-5-13(14)18/h3-8H,1-2H3,(H2,19,20,22,23,24). The number of hydrogen-bond acceptors (Lipinski definition) is 3. The van der Waals surface area contributed by atoms with Gasteiger partial charge in [-0.25, -0.2) is 0 Å². The van der Waals surface area contributed by atoms with Gasteiger partial charge in [-0.2, -0.15) is 0 Å². The van der Waals surface area contributed by atoms with E-state index in [4.69, 9.17) is 12.2 Å². The van der Waals surface area contributed by atoms with Crippen molar-refractivity contribution in [2.45, 2.75) is 13.8 Å². The molecule has 1 fully saturated rings. The molecule has 0 bridgehead atoms. The summed E-state index contributed by atoms with van der Waals surface area (Å²) < 4.78 is 3.03. The lowest BCUT2D eigenvalue weighted by Crippen LogP contribution is -2.51. The van der Waals surface area contributed by atoms with Crippen LogP contribution in [0.15, 0.2) is 40.4 Å². The molecule has 0 atom stereocenters. The van der Waals surface area contributed by atoms with Crippen molar-refractivity contribution in [3.63, 3.8) is 0 Å². The Morgan fingerprint density at radius 2 is 1.75 bits per heavy atom. The Balaban J connectivity index is 2.09. The van der Waals surface area contributed by atoms with E-state index < -0.39 is 11.8 Å². The van der Waals surface area contributed by atoms with Crippen LogP contribution in [0.2, 0.25) is 0 Å². The van der Waals surface area contributed by atoms with Gasteiger partial charge in [0.2, 0.25) is 0 Å². The molecule has 24 heavy (non-hydrogen) atoms. The Kier molecular flexibility index (Phi) is 4.38. The zero-order chi connectivity index (χ0) is 17.4. The third-order valence-corrected chi connectivity index (χ3v) is 4.68. The average molecular weight is 404 g/mol. The van der Waals surface area contributed by atoms with Crippen LogP contribution in [-0.4, -0.2) is 21.5 Å². The molecule has 1 aliphatic rings. The van der Waals surface area contributed by atoms with Crippen molar-refractivity contribution < 1.29 is 9.59 Å². The van der Waals surface area contributed by atoms with Gasteiger partial charge in [0.1, 0.15) is 5.57 Å². The summed E-state index contributed by atoms with van der Waals surface area (Å²) >= 11 is 8.36. The predicted molar refractivity (Wildman–Crippen MR) is 99.8 cm³/mol. The van der Waals surface area contributed by atoms with Gasteiger partial charge in [-0.15, -0.1) is 0 Å². The largest absolute Gasteiger partial charge is 0.317 e. The first kappa shape index (κ1) is 16.6. The molecule has 2 aromatic rings. The number of rotatable bonds is 2. The van der Waals surface area contributed by atoms with Crippen LogP contribution in [0, 0.1) is 13.8 Å². The number of hydrogen-bond donors (Lipinski definition) is 2. The van der Waals surface area contributed by atoms with Crippen LogP contribution in [0.4, 0.5) is 0 Å². The minimum atomic E-state index is -0.491. The monoisotopic (exact) mass is 403 g/mol. The maximum absolute atomic E-state index is 12.0. The van der Waals surface area contributed by atoms with Crippen molar-refractivity contribution in [3.8, 4) is 5.69 Å². The second kappa shape index (κ2) is 6.33. The molecule has 2 amide bonds. The smallest absolute Gasteiger partial charge is 0.263 e. The number of thiocarbonyl (C=S) groups is 1. The minimum Gasteiger partial charge on any atom is -0.317 e. The molecule has 0 saturated carbocycles. The second-order valence-corrected chi connectivity index (χ2v) is 6.67. The fourth-order valence-electron chi connectivity index (χ4n) is 2.70. The lowest BCUT2D eigenvalue weighted by molar-refractivity contribution is -0.123. The quantitative estimate of drug-likeness (QED) is 0.460. The van der Waals surface area contributed by atoms with E-state index >= 15 is 0 Å². The van der Waals surface area contributed by atoms with Crippen molar-refractivity contribution in [1.29, 1.82) is 0 Å². The third kappa shape index (κ3) is 2.92. The molecular formula is C17H14BrN3O2S. The molecule has 1 aromatic heterocycles. The van der Waals surface area contributed by atoms with E-state index in [-0.39, 0.29) is 10.7 Å². The number of aryl methyl sites for hydroxylation is 1. The summed E-state index contributed by atoms with van der Waals surface area (Å²) in [6, 6.07) is 9.81. The number of nitrogens with one attached hydrogen (secondary N) is 2. The first-order valence-corrected chi connectivity index (χ1v) is 8.41. The molecule has 1 aliphatic heterocycles. The molecule has 2 heterocycles. The molecule has 122 valence electrons. The van der Waals surface area contributed by atoms with E-state index in [1.807, 2.05) is 44.2 Å². The first-order valence-electron chi connectivity index (χ1n) is 7.20. The van der Waals surface area contributed by atoms with E-state index in [2.05, 4.69) is 31.1 Å². The maximum atomic E-state index is 12.0. The van der Waals surface area contributed by atoms with Gasteiger partial charge in [0.15, 0.2) is 5.11 Å². The first-order chi connectivity index (χ1) is 11.4. The van der Waals surface area contributed by atoms with E-state index in [9.17, 15) is 9.59 Å². The predicted octanol–water partition coefficient (Wildman–Crippen LogP) is 2.77. The highest BCUT2D eigenvalue weighted by Gasteiger charge is 2.26. The molecule has 5 nitrogen and oxygen atoms in total. The Bertz CT molecular complexity index is 893. The number of aromatic nitrogens is 1. The number of amides is 2. The summed E-state index contributed by atoms with van der Waals surface area (Å²) in [6.07, 6.45) is 1.59. The molecule has 0 radical (unpaired) electrons. The normalized spacial score (nSPS) is 14.5. The third-order valence-electron chi connectivity index (χ3n) is 3.81. The van der Waals surface area contributed by atoms with Crippen LogP contribution >= 0.6 is 28.1 Å². The van der Waals surface area contributed by atoms with Crippen LogP contribution in [0.5, 0.6) is 0 Å². The average Bonchev–Trinajstić information content (AvgIpc) is 2.78.